The lowest BCUT2D eigenvalue weighted by Crippen LogP contribution is -2.43. The van der Waals surface area contributed by atoms with Crippen LogP contribution in [0.15, 0.2) is 30.5 Å². The van der Waals surface area contributed by atoms with Crippen LogP contribution in [0.25, 0.3) is 10.9 Å². The van der Waals surface area contributed by atoms with Crippen LogP contribution < -0.4 is 11.1 Å². The Labute approximate surface area is 113 Å². The van der Waals surface area contributed by atoms with Crippen LogP contribution in [0, 0.1) is 0 Å². The van der Waals surface area contributed by atoms with Crippen LogP contribution >= 0.6 is 0 Å². The highest BCUT2D eigenvalue weighted by Gasteiger charge is 2.23. The SMILES string of the molecule is NC(=O)C[C@H](NC(=O)c1cccc2cc[nH]c12)C(=O)O. The number of benzene rings is 1. The zero-order valence-corrected chi connectivity index (χ0v) is 10.4. The van der Waals surface area contributed by atoms with Gasteiger partial charge >= 0.3 is 5.97 Å². The summed E-state index contributed by atoms with van der Waals surface area (Å²) in [5.41, 5.74) is 5.87. The van der Waals surface area contributed by atoms with Crippen LogP contribution in [0.4, 0.5) is 0 Å². The largest absolute Gasteiger partial charge is 0.480 e. The number of carboxylic acids is 1. The molecule has 0 saturated carbocycles. The lowest BCUT2D eigenvalue weighted by atomic mass is 10.1. The van der Waals surface area contributed by atoms with Crippen molar-refractivity contribution >= 4 is 28.7 Å². The van der Waals surface area contributed by atoms with E-state index < -0.39 is 30.2 Å². The molecule has 1 aromatic carbocycles. The lowest BCUT2D eigenvalue weighted by molar-refractivity contribution is -0.140. The van der Waals surface area contributed by atoms with Gasteiger partial charge in [0, 0.05) is 11.6 Å². The molecule has 1 aromatic heterocycles. The fourth-order valence-electron chi connectivity index (χ4n) is 1.91. The number of hydrogen-bond acceptors (Lipinski definition) is 3. The summed E-state index contributed by atoms with van der Waals surface area (Å²) in [6, 6.07) is 5.53. The van der Waals surface area contributed by atoms with Gasteiger partial charge in [0.25, 0.3) is 5.91 Å². The topological polar surface area (TPSA) is 125 Å². The maximum absolute atomic E-state index is 12.1. The minimum Gasteiger partial charge on any atom is -0.480 e. The van der Waals surface area contributed by atoms with Gasteiger partial charge in [0.1, 0.15) is 6.04 Å². The number of hydrogen-bond donors (Lipinski definition) is 4. The van der Waals surface area contributed by atoms with Crippen molar-refractivity contribution in [3.05, 3.63) is 36.0 Å². The van der Waals surface area contributed by atoms with Crippen molar-refractivity contribution in [2.45, 2.75) is 12.5 Å². The normalized spacial score (nSPS) is 12.0. The van der Waals surface area contributed by atoms with E-state index in [4.69, 9.17) is 10.8 Å². The molecule has 0 fully saturated rings. The van der Waals surface area contributed by atoms with E-state index >= 15 is 0 Å². The summed E-state index contributed by atoms with van der Waals surface area (Å²) in [7, 11) is 0. The molecular formula is C13H13N3O4. The maximum Gasteiger partial charge on any atom is 0.326 e. The van der Waals surface area contributed by atoms with Gasteiger partial charge in [-0.2, -0.15) is 0 Å². The number of amides is 2. The van der Waals surface area contributed by atoms with Crippen LogP contribution in [-0.2, 0) is 9.59 Å². The standard InChI is InChI=1S/C13H13N3O4/c14-10(17)6-9(13(19)20)16-12(18)8-3-1-2-7-4-5-15-11(7)8/h1-5,9,15H,6H2,(H2,14,17)(H,16,18)(H,19,20)/t9-/m0/s1. The molecule has 0 unspecified atom stereocenters. The fraction of sp³-hybridized carbons (Fsp3) is 0.154. The molecule has 2 aromatic rings. The van der Waals surface area contributed by atoms with E-state index in [1.165, 1.54) is 0 Å². The molecule has 20 heavy (non-hydrogen) atoms. The van der Waals surface area contributed by atoms with Crippen LogP contribution in [0.5, 0.6) is 0 Å². The molecule has 0 bridgehead atoms. The third-order valence-corrected chi connectivity index (χ3v) is 2.84. The van der Waals surface area contributed by atoms with Gasteiger partial charge in [-0.05, 0) is 12.1 Å². The van der Waals surface area contributed by atoms with Gasteiger partial charge in [0.2, 0.25) is 5.91 Å². The van der Waals surface area contributed by atoms with Crippen molar-refractivity contribution in [1.82, 2.24) is 10.3 Å². The van der Waals surface area contributed by atoms with Gasteiger partial charge in [0.05, 0.1) is 17.5 Å². The minimum absolute atomic E-state index is 0.309. The second-order valence-electron chi connectivity index (χ2n) is 4.28. The van der Waals surface area contributed by atoms with E-state index in [1.54, 1.807) is 24.4 Å². The number of aromatic amines is 1. The van der Waals surface area contributed by atoms with E-state index in [0.29, 0.717) is 11.1 Å². The number of carbonyl (C=O) groups excluding carboxylic acids is 2. The molecule has 0 radical (unpaired) electrons. The number of carboxylic acid groups (broad SMARTS) is 1. The summed E-state index contributed by atoms with van der Waals surface area (Å²) in [4.78, 5) is 36.8. The first-order chi connectivity index (χ1) is 9.49. The van der Waals surface area contributed by atoms with Gasteiger partial charge in [-0.1, -0.05) is 12.1 Å². The maximum atomic E-state index is 12.1. The second-order valence-corrected chi connectivity index (χ2v) is 4.28. The predicted molar refractivity (Wildman–Crippen MR) is 71.0 cm³/mol. The van der Waals surface area contributed by atoms with E-state index in [2.05, 4.69) is 10.3 Å². The third-order valence-electron chi connectivity index (χ3n) is 2.84. The Morgan fingerprint density at radius 2 is 2.05 bits per heavy atom. The molecule has 2 rings (SSSR count). The molecule has 5 N–H and O–H groups in total. The number of aromatic nitrogens is 1. The first-order valence-corrected chi connectivity index (χ1v) is 5.87. The van der Waals surface area contributed by atoms with E-state index in [1.807, 2.05) is 6.07 Å². The molecule has 7 heteroatoms. The van der Waals surface area contributed by atoms with Gasteiger partial charge in [-0.3, -0.25) is 9.59 Å². The van der Waals surface area contributed by atoms with Crippen molar-refractivity contribution in [3.63, 3.8) is 0 Å². The Morgan fingerprint density at radius 3 is 2.70 bits per heavy atom. The summed E-state index contributed by atoms with van der Waals surface area (Å²) < 4.78 is 0. The number of nitrogens with one attached hydrogen (secondary N) is 2. The number of para-hydroxylation sites is 1. The Bertz CT molecular complexity index is 677. The number of nitrogens with two attached hydrogens (primary N) is 1. The predicted octanol–water partition coefficient (Wildman–Crippen LogP) is 0.226. The minimum atomic E-state index is -1.34. The zero-order valence-electron chi connectivity index (χ0n) is 10.4. The average molecular weight is 275 g/mol. The van der Waals surface area contributed by atoms with E-state index in [-0.39, 0.29) is 0 Å². The molecule has 0 saturated heterocycles. The number of fused-ring (bicyclic) bond motifs is 1. The Kier molecular flexibility index (Phi) is 3.69. The Morgan fingerprint density at radius 1 is 1.30 bits per heavy atom. The van der Waals surface area contributed by atoms with Crippen molar-refractivity contribution in [2.24, 2.45) is 5.73 Å². The molecule has 0 spiro atoms. The molecule has 0 aliphatic rings. The zero-order chi connectivity index (χ0) is 14.7. The van der Waals surface area contributed by atoms with Crippen molar-refractivity contribution in [2.75, 3.05) is 0 Å². The Hall–Kier alpha value is -2.83. The molecule has 0 aliphatic carbocycles. The first-order valence-electron chi connectivity index (χ1n) is 5.87. The molecule has 7 nitrogen and oxygen atoms in total. The van der Waals surface area contributed by atoms with Crippen LogP contribution in [-0.4, -0.2) is 33.9 Å². The summed E-state index contributed by atoms with van der Waals surface area (Å²) in [5.74, 6) is -2.68. The lowest BCUT2D eigenvalue weighted by Gasteiger charge is -2.13. The van der Waals surface area contributed by atoms with Crippen molar-refractivity contribution in [1.29, 1.82) is 0 Å². The van der Waals surface area contributed by atoms with Crippen LogP contribution in [0.3, 0.4) is 0 Å². The van der Waals surface area contributed by atoms with Gasteiger partial charge < -0.3 is 21.1 Å². The second kappa shape index (κ2) is 5.43. The smallest absolute Gasteiger partial charge is 0.326 e. The number of rotatable bonds is 5. The third kappa shape index (κ3) is 2.77. The van der Waals surface area contributed by atoms with Crippen molar-refractivity contribution in [3.8, 4) is 0 Å². The molecule has 2 amide bonds. The molecule has 104 valence electrons. The van der Waals surface area contributed by atoms with E-state index in [9.17, 15) is 14.4 Å². The first kappa shape index (κ1) is 13.6. The number of H-pyrrole nitrogens is 1. The highest BCUT2D eigenvalue weighted by molar-refractivity contribution is 6.06. The van der Waals surface area contributed by atoms with Crippen LogP contribution in [0.2, 0.25) is 0 Å². The van der Waals surface area contributed by atoms with Gasteiger partial charge in [0.15, 0.2) is 0 Å². The summed E-state index contributed by atoms with van der Waals surface area (Å²) in [5, 5.41) is 12.1. The summed E-state index contributed by atoms with van der Waals surface area (Å²) in [6.07, 6.45) is 1.22. The fourth-order valence-corrected chi connectivity index (χ4v) is 1.91. The molecule has 1 heterocycles. The summed E-state index contributed by atoms with van der Waals surface area (Å²) >= 11 is 0. The number of primary amides is 1. The molecular weight excluding hydrogens is 262 g/mol. The van der Waals surface area contributed by atoms with Crippen molar-refractivity contribution < 1.29 is 19.5 Å². The molecule has 0 aliphatic heterocycles. The highest BCUT2D eigenvalue weighted by Crippen LogP contribution is 2.17. The van der Waals surface area contributed by atoms with Gasteiger partial charge in [-0.15, -0.1) is 0 Å². The van der Waals surface area contributed by atoms with E-state index in [0.717, 1.165) is 5.39 Å². The van der Waals surface area contributed by atoms with Gasteiger partial charge in [-0.25, -0.2) is 4.79 Å². The van der Waals surface area contributed by atoms with Crippen LogP contribution in [0.1, 0.15) is 16.8 Å². The monoisotopic (exact) mass is 275 g/mol. The quantitative estimate of drug-likeness (QED) is 0.623. The highest BCUT2D eigenvalue weighted by atomic mass is 16.4. The summed E-state index contributed by atoms with van der Waals surface area (Å²) in [6.45, 7) is 0. The Balaban J connectivity index is 2.24. The number of aliphatic carboxylic acids is 1. The molecule has 1 atom stereocenters. The average Bonchev–Trinajstić information content (AvgIpc) is 2.84. The number of carbonyl (C=O) groups is 3.